The van der Waals surface area contributed by atoms with Gasteiger partial charge in [-0.3, -0.25) is 4.57 Å². The van der Waals surface area contributed by atoms with E-state index < -0.39 is 30.2 Å². The van der Waals surface area contributed by atoms with Crippen LogP contribution in [0.1, 0.15) is 26.0 Å². The average Bonchev–Trinajstić information content (AvgIpc) is 3.12. The topological polar surface area (TPSA) is 138 Å². The van der Waals surface area contributed by atoms with E-state index in [0.717, 1.165) is 0 Å². The number of ether oxygens (including phenoxy) is 2. The van der Waals surface area contributed by atoms with Gasteiger partial charge in [-0.05, 0) is 6.42 Å². The monoisotopic (exact) mass is 363 g/mol. The minimum atomic E-state index is -1.03. The zero-order chi connectivity index (χ0) is 19.0. The summed E-state index contributed by atoms with van der Waals surface area (Å²) in [5.41, 5.74) is 5.59. The van der Waals surface area contributed by atoms with Gasteiger partial charge in [0, 0.05) is 6.42 Å². The van der Waals surface area contributed by atoms with Crippen molar-refractivity contribution < 1.29 is 19.7 Å². The molecule has 10 nitrogen and oxygen atoms in total. The molecule has 2 aromatic rings. The number of hydrogen-bond acceptors (Lipinski definition) is 8. The third-order valence-corrected chi connectivity index (χ3v) is 4.45. The number of terminal acetylenes is 1. The summed E-state index contributed by atoms with van der Waals surface area (Å²) >= 11 is 0. The number of imidazole rings is 1. The standard InChI is InChI=1S/C16H21N5O5/c1-4-6-20-11-12(18-15(17)19-13(11)25-3)21(16(20)24)14-9(23)7-10(26-14)8(22)5-2/h1,8-10,14,22-23H,5-7H2,2-3H3,(H2,17,18,19)/t8-,9+,10-,14+/m0/s1. The summed E-state index contributed by atoms with van der Waals surface area (Å²) < 4.78 is 13.4. The van der Waals surface area contributed by atoms with Crippen molar-refractivity contribution in [3.8, 4) is 18.2 Å². The van der Waals surface area contributed by atoms with Crippen LogP contribution in [0.4, 0.5) is 5.95 Å². The van der Waals surface area contributed by atoms with Crippen molar-refractivity contribution in [3.05, 3.63) is 10.5 Å². The third-order valence-electron chi connectivity index (χ3n) is 4.45. The minimum absolute atomic E-state index is 0.0458. The number of nitrogen functional groups attached to an aromatic ring is 1. The molecule has 0 unspecified atom stereocenters. The number of anilines is 1. The van der Waals surface area contributed by atoms with Crippen LogP contribution in [0.15, 0.2) is 4.79 Å². The van der Waals surface area contributed by atoms with E-state index in [-0.39, 0.29) is 36.0 Å². The molecule has 0 spiro atoms. The van der Waals surface area contributed by atoms with E-state index >= 15 is 0 Å². The highest BCUT2D eigenvalue weighted by molar-refractivity contribution is 5.78. The maximum Gasteiger partial charge on any atom is 0.333 e. The van der Waals surface area contributed by atoms with Crippen molar-refractivity contribution in [2.45, 2.75) is 50.8 Å². The Bertz CT molecular complexity index is 914. The maximum atomic E-state index is 12.9. The van der Waals surface area contributed by atoms with Gasteiger partial charge in [-0.15, -0.1) is 6.42 Å². The zero-order valence-corrected chi connectivity index (χ0v) is 14.5. The second kappa shape index (κ2) is 6.95. The molecule has 2 aromatic heterocycles. The van der Waals surface area contributed by atoms with Crippen molar-refractivity contribution in [1.82, 2.24) is 19.1 Å². The zero-order valence-electron chi connectivity index (χ0n) is 14.5. The average molecular weight is 363 g/mol. The Morgan fingerprint density at radius 3 is 2.88 bits per heavy atom. The van der Waals surface area contributed by atoms with E-state index in [0.29, 0.717) is 6.42 Å². The number of methoxy groups -OCH3 is 1. The van der Waals surface area contributed by atoms with Gasteiger partial charge < -0.3 is 25.4 Å². The van der Waals surface area contributed by atoms with E-state index in [9.17, 15) is 15.0 Å². The van der Waals surface area contributed by atoms with Crippen molar-refractivity contribution in [2.75, 3.05) is 12.8 Å². The maximum absolute atomic E-state index is 12.9. The molecule has 0 saturated carbocycles. The van der Waals surface area contributed by atoms with Gasteiger partial charge in [-0.1, -0.05) is 12.8 Å². The first-order valence-electron chi connectivity index (χ1n) is 8.20. The van der Waals surface area contributed by atoms with Crippen LogP contribution in [0, 0.1) is 12.3 Å². The molecular formula is C16H21N5O5. The van der Waals surface area contributed by atoms with E-state index in [1.165, 1.54) is 16.2 Å². The first kappa shape index (κ1) is 18.2. The number of aliphatic hydroxyl groups is 2. The fraction of sp³-hybridized carbons (Fsp3) is 0.562. The number of aromatic nitrogens is 4. The molecule has 10 heteroatoms. The van der Waals surface area contributed by atoms with Gasteiger partial charge in [0.05, 0.1) is 25.9 Å². The van der Waals surface area contributed by atoms with Gasteiger partial charge in [0.1, 0.15) is 6.10 Å². The Morgan fingerprint density at radius 1 is 1.54 bits per heavy atom. The van der Waals surface area contributed by atoms with Gasteiger partial charge >= 0.3 is 5.69 Å². The Labute approximate surface area is 149 Å². The fourth-order valence-corrected chi connectivity index (χ4v) is 3.19. The largest absolute Gasteiger partial charge is 0.479 e. The highest BCUT2D eigenvalue weighted by atomic mass is 16.5. The number of rotatable bonds is 5. The first-order chi connectivity index (χ1) is 12.4. The van der Waals surface area contributed by atoms with Crippen molar-refractivity contribution in [1.29, 1.82) is 0 Å². The first-order valence-corrected chi connectivity index (χ1v) is 8.20. The fourth-order valence-electron chi connectivity index (χ4n) is 3.19. The third kappa shape index (κ3) is 2.80. The second-order valence-electron chi connectivity index (χ2n) is 6.05. The number of nitrogens with zero attached hydrogens (tertiary/aromatic N) is 4. The van der Waals surface area contributed by atoms with Crippen LogP contribution in [0.3, 0.4) is 0 Å². The van der Waals surface area contributed by atoms with E-state index in [2.05, 4.69) is 15.9 Å². The van der Waals surface area contributed by atoms with E-state index in [1.807, 2.05) is 0 Å². The smallest absolute Gasteiger partial charge is 0.333 e. The summed E-state index contributed by atoms with van der Waals surface area (Å²) in [7, 11) is 1.39. The van der Waals surface area contributed by atoms with Crippen molar-refractivity contribution in [2.24, 2.45) is 0 Å². The lowest BCUT2D eigenvalue weighted by Gasteiger charge is -2.18. The molecule has 0 bridgehead atoms. The van der Waals surface area contributed by atoms with Crippen LogP contribution in [0.5, 0.6) is 5.88 Å². The predicted molar refractivity (Wildman–Crippen MR) is 92.4 cm³/mol. The summed E-state index contributed by atoms with van der Waals surface area (Å²) in [6.07, 6.45) is 2.63. The normalized spacial score (nSPS) is 23.9. The molecule has 0 aromatic carbocycles. The molecule has 0 radical (unpaired) electrons. The summed E-state index contributed by atoms with van der Waals surface area (Å²) in [6, 6.07) is 0. The molecular weight excluding hydrogens is 342 g/mol. The molecule has 1 saturated heterocycles. The lowest BCUT2D eigenvalue weighted by atomic mass is 10.1. The summed E-state index contributed by atoms with van der Waals surface area (Å²) in [5, 5.41) is 20.4. The van der Waals surface area contributed by atoms with Gasteiger partial charge in [-0.2, -0.15) is 9.97 Å². The van der Waals surface area contributed by atoms with Crippen molar-refractivity contribution >= 4 is 17.1 Å². The van der Waals surface area contributed by atoms with Crippen molar-refractivity contribution in [3.63, 3.8) is 0 Å². The molecule has 26 heavy (non-hydrogen) atoms. The van der Waals surface area contributed by atoms with Gasteiger partial charge in [-0.25, -0.2) is 9.36 Å². The summed E-state index contributed by atoms with van der Waals surface area (Å²) in [4.78, 5) is 21.1. The van der Waals surface area contributed by atoms with Crippen LogP contribution in [0.25, 0.3) is 11.2 Å². The highest BCUT2D eigenvalue weighted by Gasteiger charge is 2.40. The molecule has 4 atom stereocenters. The van der Waals surface area contributed by atoms with Gasteiger partial charge in [0.2, 0.25) is 11.8 Å². The molecule has 3 heterocycles. The molecule has 1 fully saturated rings. The highest BCUT2D eigenvalue weighted by Crippen LogP contribution is 2.33. The Balaban J connectivity index is 2.21. The predicted octanol–water partition coefficient (Wildman–Crippen LogP) is -0.764. The van der Waals surface area contributed by atoms with Crippen LogP contribution >= 0.6 is 0 Å². The quantitative estimate of drug-likeness (QED) is 0.589. The van der Waals surface area contributed by atoms with Crippen LogP contribution in [-0.4, -0.2) is 54.7 Å². The molecule has 0 aliphatic carbocycles. The Morgan fingerprint density at radius 2 is 2.27 bits per heavy atom. The number of nitrogens with two attached hydrogens (primary N) is 1. The molecule has 3 rings (SSSR count). The molecule has 1 aliphatic rings. The van der Waals surface area contributed by atoms with Gasteiger partial charge in [0.15, 0.2) is 17.4 Å². The van der Waals surface area contributed by atoms with E-state index in [1.54, 1.807) is 6.92 Å². The molecule has 0 amide bonds. The molecule has 1 aliphatic heterocycles. The number of aliphatic hydroxyl groups excluding tert-OH is 2. The van der Waals surface area contributed by atoms with Crippen LogP contribution < -0.4 is 16.2 Å². The lowest BCUT2D eigenvalue weighted by molar-refractivity contribution is -0.0759. The number of fused-ring (bicyclic) bond motifs is 1. The van der Waals surface area contributed by atoms with Gasteiger partial charge in [0.25, 0.3) is 0 Å². The van der Waals surface area contributed by atoms with Crippen LogP contribution in [0.2, 0.25) is 0 Å². The summed E-state index contributed by atoms with van der Waals surface area (Å²) in [6.45, 7) is 1.76. The minimum Gasteiger partial charge on any atom is -0.479 e. The van der Waals surface area contributed by atoms with E-state index in [4.69, 9.17) is 21.6 Å². The molecule has 4 N–H and O–H groups in total. The Kier molecular flexibility index (Phi) is 4.86. The SMILES string of the molecule is C#CCn1c(=O)n([C@@H]2O[C@H]([C@@H](O)CC)C[C@H]2O)c2nc(N)nc(OC)c21. The number of hydrogen-bond donors (Lipinski definition) is 3. The summed E-state index contributed by atoms with van der Waals surface area (Å²) in [5.74, 6) is 2.39. The second-order valence-corrected chi connectivity index (χ2v) is 6.05. The molecule has 140 valence electrons. The van der Waals surface area contributed by atoms with Crippen LogP contribution in [-0.2, 0) is 11.3 Å². The lowest BCUT2D eigenvalue weighted by Crippen LogP contribution is -2.32. The Hall–Kier alpha value is -2.61.